The Kier molecular flexibility index (Phi) is 4.27. The van der Waals surface area contributed by atoms with Crippen molar-refractivity contribution in [2.24, 2.45) is 16.0 Å². The van der Waals surface area contributed by atoms with Gasteiger partial charge >= 0.3 is 0 Å². The lowest BCUT2D eigenvalue weighted by Crippen LogP contribution is -2.26. The summed E-state index contributed by atoms with van der Waals surface area (Å²) in [6, 6.07) is 0. The van der Waals surface area contributed by atoms with E-state index in [0.29, 0.717) is 19.3 Å². The van der Waals surface area contributed by atoms with Gasteiger partial charge in [0.2, 0.25) is 5.95 Å². The third-order valence-corrected chi connectivity index (χ3v) is 3.83. The van der Waals surface area contributed by atoms with Crippen molar-refractivity contribution in [3.63, 3.8) is 0 Å². The second-order valence-corrected chi connectivity index (χ2v) is 5.42. The fourth-order valence-corrected chi connectivity index (χ4v) is 2.66. The Balaban J connectivity index is 1.79. The van der Waals surface area contributed by atoms with E-state index in [4.69, 9.17) is 0 Å². The molecule has 0 aromatic rings. The van der Waals surface area contributed by atoms with Crippen LogP contribution in [0.1, 0.15) is 25.7 Å². The van der Waals surface area contributed by atoms with E-state index in [1.54, 1.807) is 6.08 Å². The minimum absolute atomic E-state index is 0.122. The fourth-order valence-electron chi connectivity index (χ4n) is 2.66. The maximum Gasteiger partial charge on any atom is 0.214 e. The molecule has 7 heteroatoms. The van der Waals surface area contributed by atoms with Crippen LogP contribution in [0.5, 0.6) is 0 Å². The highest BCUT2D eigenvalue weighted by molar-refractivity contribution is 6.46. The molecule has 4 nitrogen and oxygen atoms in total. The molecule has 1 N–H and O–H groups in total. The quantitative estimate of drug-likeness (QED) is 0.808. The summed E-state index contributed by atoms with van der Waals surface area (Å²) in [6.07, 6.45) is 6.48. The monoisotopic (exact) mass is 321 g/mol. The number of nitrogens with zero attached hydrogens (tertiary/aromatic N) is 2. The number of hydrazone groups is 1. The van der Waals surface area contributed by atoms with Crippen molar-refractivity contribution >= 4 is 17.3 Å². The van der Waals surface area contributed by atoms with Crippen LogP contribution in [-0.2, 0) is 4.79 Å². The van der Waals surface area contributed by atoms with E-state index in [1.165, 1.54) is 18.2 Å². The van der Waals surface area contributed by atoms with E-state index in [0.717, 1.165) is 0 Å². The Bertz CT molecular complexity index is 729. The Hall–Kier alpha value is -2.44. The molecule has 3 aliphatic rings. The standard InChI is InChI=1S/C16H14F3N3O/c17-11-6-2-1-4-9(14(11)19)8-12(23)15-10-5-3-7-13(18)20-16(10)22-21-15/h3,5-7,10H,1-2,4,8H2,(H,20,22). The second kappa shape index (κ2) is 6.36. The molecule has 23 heavy (non-hydrogen) atoms. The summed E-state index contributed by atoms with van der Waals surface area (Å²) >= 11 is 0. The van der Waals surface area contributed by atoms with Crippen molar-refractivity contribution in [2.75, 3.05) is 0 Å². The number of rotatable bonds is 3. The average molecular weight is 321 g/mol. The molecule has 1 atom stereocenters. The molecule has 2 aliphatic heterocycles. The molecular formula is C16H14F3N3O. The number of hydrogen-bond acceptors (Lipinski definition) is 4. The maximum absolute atomic E-state index is 13.9. The number of nitrogens with one attached hydrogen (secondary N) is 1. The van der Waals surface area contributed by atoms with Gasteiger partial charge in [-0.3, -0.25) is 10.2 Å². The highest BCUT2D eigenvalue weighted by Crippen LogP contribution is 2.29. The Morgan fingerprint density at radius 1 is 1.35 bits per heavy atom. The Morgan fingerprint density at radius 3 is 3.00 bits per heavy atom. The van der Waals surface area contributed by atoms with Gasteiger partial charge in [0, 0.05) is 6.42 Å². The lowest BCUT2D eigenvalue weighted by Gasteiger charge is -2.09. The molecule has 0 bridgehead atoms. The highest BCUT2D eigenvalue weighted by Gasteiger charge is 2.32. The zero-order chi connectivity index (χ0) is 16.4. The van der Waals surface area contributed by atoms with E-state index < -0.39 is 29.3 Å². The van der Waals surface area contributed by atoms with Crippen LogP contribution >= 0.6 is 0 Å². The summed E-state index contributed by atoms with van der Waals surface area (Å²) < 4.78 is 40.7. The minimum Gasteiger partial charge on any atom is -0.292 e. The summed E-state index contributed by atoms with van der Waals surface area (Å²) in [7, 11) is 0. The van der Waals surface area contributed by atoms with E-state index in [1.807, 2.05) is 0 Å². The molecule has 0 saturated carbocycles. The van der Waals surface area contributed by atoms with Gasteiger partial charge < -0.3 is 0 Å². The summed E-state index contributed by atoms with van der Waals surface area (Å²) in [4.78, 5) is 16.1. The van der Waals surface area contributed by atoms with Crippen LogP contribution in [0.25, 0.3) is 0 Å². The third-order valence-electron chi connectivity index (χ3n) is 3.83. The Morgan fingerprint density at radius 2 is 2.17 bits per heavy atom. The number of allylic oxidation sites excluding steroid dienone is 6. The van der Waals surface area contributed by atoms with Gasteiger partial charge in [-0.05, 0) is 37.0 Å². The molecule has 1 unspecified atom stereocenters. The fraction of sp³-hybridized carbons (Fsp3) is 0.312. The van der Waals surface area contributed by atoms with Gasteiger partial charge in [-0.15, -0.1) is 0 Å². The minimum atomic E-state index is -0.958. The number of amidine groups is 1. The first-order valence-electron chi connectivity index (χ1n) is 7.29. The first kappa shape index (κ1) is 15.5. The van der Waals surface area contributed by atoms with E-state index in [-0.39, 0.29) is 23.5 Å². The molecule has 3 rings (SSSR count). The van der Waals surface area contributed by atoms with Gasteiger partial charge in [-0.25, -0.2) is 13.8 Å². The van der Waals surface area contributed by atoms with Gasteiger partial charge in [-0.2, -0.15) is 9.49 Å². The third kappa shape index (κ3) is 3.18. The zero-order valence-electron chi connectivity index (χ0n) is 12.2. The van der Waals surface area contributed by atoms with Crippen LogP contribution in [0.4, 0.5) is 13.2 Å². The highest BCUT2D eigenvalue weighted by atomic mass is 19.2. The average Bonchev–Trinajstić information content (AvgIpc) is 2.73. The van der Waals surface area contributed by atoms with Crippen LogP contribution < -0.4 is 5.43 Å². The van der Waals surface area contributed by atoms with Gasteiger partial charge in [0.15, 0.2) is 17.4 Å². The maximum atomic E-state index is 13.9. The van der Waals surface area contributed by atoms with E-state index >= 15 is 0 Å². The van der Waals surface area contributed by atoms with Crippen molar-refractivity contribution in [3.05, 3.63) is 47.5 Å². The number of Topliss-reactive ketones (excluding diaryl/α,β-unsaturated/α-hetero) is 1. The number of aliphatic imine (C=N–C) groups is 1. The SMILES string of the molecule is O=C(CC1=C(F)C(F)=CCCC1)C1=NNC2=NC(F)=CC=CC21. The molecule has 2 heterocycles. The van der Waals surface area contributed by atoms with Crippen LogP contribution in [0.2, 0.25) is 0 Å². The summed E-state index contributed by atoms with van der Waals surface area (Å²) in [5.41, 5.74) is 2.78. The number of fused-ring (bicyclic) bond motifs is 1. The predicted octanol–water partition coefficient (Wildman–Crippen LogP) is 3.56. The topological polar surface area (TPSA) is 53.8 Å². The Labute approximate surface area is 130 Å². The van der Waals surface area contributed by atoms with Crippen LogP contribution in [-0.4, -0.2) is 17.3 Å². The number of hydrogen-bond donors (Lipinski definition) is 1. The van der Waals surface area contributed by atoms with Gasteiger partial charge in [-0.1, -0.05) is 12.2 Å². The molecule has 1 aliphatic carbocycles. The van der Waals surface area contributed by atoms with Gasteiger partial charge in [0.05, 0.1) is 5.92 Å². The summed E-state index contributed by atoms with van der Waals surface area (Å²) in [5.74, 6) is -3.39. The van der Waals surface area contributed by atoms with Crippen LogP contribution in [0, 0.1) is 5.92 Å². The smallest absolute Gasteiger partial charge is 0.214 e. The lowest BCUT2D eigenvalue weighted by molar-refractivity contribution is -0.112. The molecule has 0 radical (unpaired) electrons. The molecule has 0 aromatic heterocycles. The molecule has 0 fully saturated rings. The van der Waals surface area contributed by atoms with Crippen LogP contribution in [0.15, 0.2) is 57.6 Å². The van der Waals surface area contributed by atoms with Crippen molar-refractivity contribution < 1.29 is 18.0 Å². The largest absolute Gasteiger partial charge is 0.292 e. The number of halogens is 3. The van der Waals surface area contributed by atoms with Gasteiger partial charge in [0.25, 0.3) is 0 Å². The molecule has 120 valence electrons. The number of ketones is 1. The lowest BCUT2D eigenvalue weighted by atomic mass is 9.94. The van der Waals surface area contributed by atoms with Crippen molar-refractivity contribution in [1.82, 2.24) is 5.43 Å². The molecule has 0 spiro atoms. The van der Waals surface area contributed by atoms with Crippen molar-refractivity contribution in [3.8, 4) is 0 Å². The number of carbonyl (C=O) groups is 1. The first-order chi connectivity index (χ1) is 11.1. The zero-order valence-corrected chi connectivity index (χ0v) is 12.2. The summed E-state index contributed by atoms with van der Waals surface area (Å²) in [5, 5.41) is 3.88. The van der Waals surface area contributed by atoms with E-state index in [2.05, 4.69) is 15.5 Å². The normalized spacial score (nSPS) is 23.9. The van der Waals surface area contributed by atoms with Crippen molar-refractivity contribution in [2.45, 2.75) is 25.7 Å². The molecular weight excluding hydrogens is 307 g/mol. The van der Waals surface area contributed by atoms with Crippen LogP contribution in [0.3, 0.4) is 0 Å². The predicted molar refractivity (Wildman–Crippen MR) is 80.6 cm³/mol. The molecule has 0 aromatic carbocycles. The molecule has 0 saturated heterocycles. The number of carbonyl (C=O) groups excluding carboxylic acids is 1. The van der Waals surface area contributed by atoms with E-state index in [9.17, 15) is 18.0 Å². The second-order valence-electron chi connectivity index (χ2n) is 5.42. The first-order valence-corrected chi connectivity index (χ1v) is 7.29. The van der Waals surface area contributed by atoms with Gasteiger partial charge in [0.1, 0.15) is 11.5 Å². The molecule has 0 amide bonds. The van der Waals surface area contributed by atoms with Crippen molar-refractivity contribution in [1.29, 1.82) is 0 Å². The summed E-state index contributed by atoms with van der Waals surface area (Å²) in [6.45, 7) is 0.